The molecule has 0 saturated carbocycles. The predicted molar refractivity (Wildman–Crippen MR) is 56.4 cm³/mol. The molecule has 1 N–H and O–H groups in total. The Morgan fingerprint density at radius 2 is 2.23 bits per heavy atom. The molecule has 0 aliphatic heterocycles. The molecule has 0 aliphatic carbocycles. The molecule has 0 spiro atoms. The standard InChI is InChI=1S/C9H5BrClNO/c10-6-1-7-5(4-13)3-12-9(7)8(11)2-6/h1-4,12H. The van der Waals surface area contributed by atoms with Crippen LogP contribution in [0.15, 0.2) is 22.8 Å². The number of halogens is 2. The van der Waals surface area contributed by atoms with Gasteiger partial charge in [0.1, 0.15) is 0 Å². The van der Waals surface area contributed by atoms with Crippen LogP contribution in [0.4, 0.5) is 0 Å². The summed E-state index contributed by atoms with van der Waals surface area (Å²) in [7, 11) is 0. The molecule has 66 valence electrons. The van der Waals surface area contributed by atoms with Crippen LogP contribution in [0.1, 0.15) is 10.4 Å². The molecule has 1 aromatic heterocycles. The van der Waals surface area contributed by atoms with Gasteiger partial charge in [-0.15, -0.1) is 0 Å². The number of aromatic amines is 1. The number of carbonyl (C=O) groups excluding carboxylic acids is 1. The molecule has 2 aromatic rings. The maximum Gasteiger partial charge on any atom is 0.152 e. The minimum Gasteiger partial charge on any atom is -0.359 e. The van der Waals surface area contributed by atoms with Crippen molar-refractivity contribution in [3.8, 4) is 0 Å². The molecule has 0 bridgehead atoms. The van der Waals surface area contributed by atoms with E-state index >= 15 is 0 Å². The van der Waals surface area contributed by atoms with Crippen LogP contribution in [0.3, 0.4) is 0 Å². The molecule has 1 aromatic carbocycles. The highest BCUT2D eigenvalue weighted by Crippen LogP contribution is 2.28. The van der Waals surface area contributed by atoms with Gasteiger partial charge in [-0.25, -0.2) is 0 Å². The highest BCUT2D eigenvalue weighted by molar-refractivity contribution is 9.10. The average Bonchev–Trinajstić information content (AvgIpc) is 2.47. The van der Waals surface area contributed by atoms with E-state index in [-0.39, 0.29) is 0 Å². The SMILES string of the molecule is O=Cc1c[nH]c2c(Cl)cc(Br)cc12. The van der Waals surface area contributed by atoms with E-state index in [2.05, 4.69) is 20.9 Å². The minimum absolute atomic E-state index is 0.609. The molecule has 0 amide bonds. The number of aldehydes is 1. The largest absolute Gasteiger partial charge is 0.359 e. The number of benzene rings is 1. The topological polar surface area (TPSA) is 32.9 Å². The van der Waals surface area contributed by atoms with Crippen molar-refractivity contribution in [2.75, 3.05) is 0 Å². The van der Waals surface area contributed by atoms with E-state index < -0.39 is 0 Å². The fourth-order valence-corrected chi connectivity index (χ4v) is 2.14. The minimum atomic E-state index is 0.609. The number of aromatic nitrogens is 1. The molecule has 0 aliphatic rings. The van der Waals surface area contributed by atoms with Crippen molar-refractivity contribution < 1.29 is 4.79 Å². The van der Waals surface area contributed by atoms with Gasteiger partial charge in [0.15, 0.2) is 6.29 Å². The molecule has 0 saturated heterocycles. The van der Waals surface area contributed by atoms with E-state index in [0.717, 1.165) is 21.7 Å². The van der Waals surface area contributed by atoms with Gasteiger partial charge in [0, 0.05) is 21.6 Å². The number of rotatable bonds is 1. The van der Waals surface area contributed by atoms with Crippen molar-refractivity contribution in [1.82, 2.24) is 4.98 Å². The van der Waals surface area contributed by atoms with E-state index in [9.17, 15) is 4.79 Å². The fourth-order valence-electron chi connectivity index (χ4n) is 1.27. The molecule has 0 fully saturated rings. The zero-order chi connectivity index (χ0) is 9.42. The van der Waals surface area contributed by atoms with Gasteiger partial charge in [-0.2, -0.15) is 0 Å². The van der Waals surface area contributed by atoms with Gasteiger partial charge in [-0.1, -0.05) is 27.5 Å². The molecule has 2 nitrogen and oxygen atoms in total. The second-order valence-corrected chi connectivity index (χ2v) is 3.99. The summed E-state index contributed by atoms with van der Waals surface area (Å²) >= 11 is 9.27. The summed E-state index contributed by atoms with van der Waals surface area (Å²) in [5, 5.41) is 1.45. The number of H-pyrrole nitrogens is 1. The lowest BCUT2D eigenvalue weighted by molar-refractivity contribution is 0.112. The fraction of sp³-hybridized carbons (Fsp3) is 0. The van der Waals surface area contributed by atoms with Gasteiger partial charge in [-0.3, -0.25) is 4.79 Å². The van der Waals surface area contributed by atoms with Gasteiger partial charge in [0.2, 0.25) is 0 Å². The van der Waals surface area contributed by atoms with E-state index in [1.54, 1.807) is 12.3 Å². The number of fused-ring (bicyclic) bond motifs is 1. The third kappa shape index (κ3) is 1.38. The Kier molecular flexibility index (Phi) is 2.14. The molecule has 1 heterocycles. The Hall–Kier alpha value is -0.800. The maximum atomic E-state index is 10.6. The van der Waals surface area contributed by atoms with Gasteiger partial charge in [-0.05, 0) is 12.1 Å². The molecule has 2 rings (SSSR count). The lowest BCUT2D eigenvalue weighted by atomic mass is 10.2. The van der Waals surface area contributed by atoms with E-state index in [1.807, 2.05) is 6.07 Å². The van der Waals surface area contributed by atoms with Crippen LogP contribution in [0.2, 0.25) is 5.02 Å². The van der Waals surface area contributed by atoms with Crippen LogP contribution < -0.4 is 0 Å². The van der Waals surface area contributed by atoms with Crippen LogP contribution in [0, 0.1) is 0 Å². The van der Waals surface area contributed by atoms with Crippen LogP contribution in [-0.4, -0.2) is 11.3 Å². The Bertz CT molecular complexity index is 478. The summed E-state index contributed by atoms with van der Waals surface area (Å²) in [5.74, 6) is 0. The second kappa shape index (κ2) is 3.16. The van der Waals surface area contributed by atoms with Gasteiger partial charge < -0.3 is 4.98 Å². The molecule has 0 unspecified atom stereocenters. The molecule has 0 radical (unpaired) electrons. The van der Waals surface area contributed by atoms with E-state index in [0.29, 0.717) is 10.6 Å². The maximum absolute atomic E-state index is 10.6. The Balaban J connectivity index is 2.89. The number of hydrogen-bond donors (Lipinski definition) is 1. The second-order valence-electron chi connectivity index (χ2n) is 2.67. The summed E-state index contributed by atoms with van der Waals surface area (Å²) in [6.45, 7) is 0. The molecule has 13 heavy (non-hydrogen) atoms. The zero-order valence-corrected chi connectivity index (χ0v) is 8.82. The monoisotopic (exact) mass is 257 g/mol. The quantitative estimate of drug-likeness (QED) is 0.781. The first-order valence-corrected chi connectivity index (χ1v) is 4.81. The highest BCUT2D eigenvalue weighted by atomic mass is 79.9. The summed E-state index contributed by atoms with van der Waals surface area (Å²) in [5.41, 5.74) is 1.42. The van der Waals surface area contributed by atoms with E-state index in [1.165, 1.54) is 0 Å². The van der Waals surface area contributed by atoms with Crippen molar-refractivity contribution in [1.29, 1.82) is 0 Å². The van der Waals surface area contributed by atoms with Crippen molar-refractivity contribution in [3.63, 3.8) is 0 Å². The lowest BCUT2D eigenvalue weighted by Crippen LogP contribution is -1.75. The summed E-state index contributed by atoms with van der Waals surface area (Å²) in [4.78, 5) is 13.6. The third-order valence-electron chi connectivity index (χ3n) is 1.86. The molecular weight excluding hydrogens is 253 g/mol. The Labute approximate surface area is 88.0 Å². The zero-order valence-electron chi connectivity index (χ0n) is 6.47. The first kappa shape index (κ1) is 8.78. The Morgan fingerprint density at radius 1 is 1.46 bits per heavy atom. The third-order valence-corrected chi connectivity index (χ3v) is 2.62. The van der Waals surface area contributed by atoms with Crippen LogP contribution in [0.5, 0.6) is 0 Å². The number of nitrogens with one attached hydrogen (secondary N) is 1. The van der Waals surface area contributed by atoms with Crippen molar-refractivity contribution in [2.45, 2.75) is 0 Å². The van der Waals surface area contributed by atoms with Crippen molar-refractivity contribution in [3.05, 3.63) is 33.4 Å². The van der Waals surface area contributed by atoms with Crippen LogP contribution in [-0.2, 0) is 0 Å². The molecular formula is C9H5BrClNO. The number of carbonyl (C=O) groups is 1. The predicted octanol–water partition coefficient (Wildman–Crippen LogP) is 3.40. The summed E-state index contributed by atoms with van der Waals surface area (Å²) in [6.07, 6.45) is 2.46. The lowest BCUT2D eigenvalue weighted by Gasteiger charge is -1.95. The Morgan fingerprint density at radius 3 is 2.92 bits per heavy atom. The highest BCUT2D eigenvalue weighted by Gasteiger charge is 2.06. The van der Waals surface area contributed by atoms with Crippen molar-refractivity contribution >= 4 is 44.7 Å². The van der Waals surface area contributed by atoms with Gasteiger partial charge >= 0.3 is 0 Å². The normalized spacial score (nSPS) is 10.6. The molecule has 0 atom stereocenters. The van der Waals surface area contributed by atoms with Crippen LogP contribution in [0.25, 0.3) is 10.9 Å². The van der Waals surface area contributed by atoms with Crippen LogP contribution >= 0.6 is 27.5 Å². The van der Waals surface area contributed by atoms with Gasteiger partial charge in [0.05, 0.1) is 10.5 Å². The summed E-state index contributed by atoms with van der Waals surface area (Å²) < 4.78 is 0.868. The number of hydrogen-bond acceptors (Lipinski definition) is 1. The first-order valence-electron chi connectivity index (χ1n) is 3.63. The average molecular weight is 259 g/mol. The first-order chi connectivity index (χ1) is 6.22. The smallest absolute Gasteiger partial charge is 0.152 e. The van der Waals surface area contributed by atoms with Crippen molar-refractivity contribution in [2.24, 2.45) is 0 Å². The van der Waals surface area contributed by atoms with E-state index in [4.69, 9.17) is 11.6 Å². The molecule has 4 heteroatoms. The van der Waals surface area contributed by atoms with Gasteiger partial charge in [0.25, 0.3) is 0 Å². The summed E-state index contributed by atoms with van der Waals surface area (Å²) in [6, 6.07) is 3.65.